The number of rotatable bonds is 5. The third kappa shape index (κ3) is 2.88. The van der Waals surface area contributed by atoms with Crippen molar-refractivity contribution in [1.29, 1.82) is 0 Å². The molecule has 0 atom stereocenters. The molecule has 0 fully saturated rings. The van der Waals surface area contributed by atoms with Crippen LogP contribution in [0.5, 0.6) is 0 Å². The normalized spacial score (nSPS) is 10.3. The zero-order chi connectivity index (χ0) is 14.5. The van der Waals surface area contributed by atoms with Crippen molar-refractivity contribution in [2.45, 2.75) is 6.92 Å². The van der Waals surface area contributed by atoms with E-state index in [-0.39, 0.29) is 0 Å². The summed E-state index contributed by atoms with van der Waals surface area (Å²) in [4.78, 5) is 36.5. The molecule has 0 aliphatic rings. The molecule has 0 N–H and O–H groups in total. The Hall–Kier alpha value is -2.55. The van der Waals surface area contributed by atoms with E-state index in [2.05, 4.69) is 0 Å². The topological polar surface area (TPSA) is 51.2 Å². The largest absolute Gasteiger partial charge is 0.299 e. The van der Waals surface area contributed by atoms with Crippen LogP contribution in [0.4, 0.5) is 0 Å². The van der Waals surface area contributed by atoms with E-state index in [1.807, 2.05) is 0 Å². The molecular formula is C17H14O3. The summed E-state index contributed by atoms with van der Waals surface area (Å²) in [5.41, 5.74) is 0.744. The lowest BCUT2D eigenvalue weighted by atomic mass is 9.87. The molecule has 20 heavy (non-hydrogen) atoms. The third-order valence-electron chi connectivity index (χ3n) is 3.05. The van der Waals surface area contributed by atoms with Crippen LogP contribution >= 0.6 is 0 Å². The average Bonchev–Trinajstić information content (AvgIpc) is 2.48. The predicted octanol–water partition coefficient (Wildman–Crippen LogP) is 2.96. The second kappa shape index (κ2) is 6.06. The quantitative estimate of drug-likeness (QED) is 0.617. The van der Waals surface area contributed by atoms with E-state index in [9.17, 15) is 14.4 Å². The minimum atomic E-state index is -1.26. The van der Waals surface area contributed by atoms with E-state index < -0.39 is 23.3 Å². The maximum absolute atomic E-state index is 12.4. The average molecular weight is 266 g/mol. The van der Waals surface area contributed by atoms with Crippen molar-refractivity contribution in [1.82, 2.24) is 0 Å². The summed E-state index contributed by atoms with van der Waals surface area (Å²) in [6.07, 6.45) is 0. The molecule has 100 valence electrons. The lowest BCUT2D eigenvalue weighted by molar-refractivity contribution is -0.118. The Morgan fingerprint density at radius 1 is 0.700 bits per heavy atom. The lowest BCUT2D eigenvalue weighted by Crippen LogP contribution is -2.30. The Bertz CT molecular complexity index is 578. The first-order valence-electron chi connectivity index (χ1n) is 6.30. The maximum Gasteiger partial charge on any atom is 0.181 e. The van der Waals surface area contributed by atoms with Crippen LogP contribution in [-0.2, 0) is 4.79 Å². The molecule has 0 amide bonds. The number of hydrogen-bond donors (Lipinski definition) is 0. The molecule has 0 aromatic heterocycles. The number of carbonyl (C=O) groups excluding carboxylic acids is 3. The second-order valence-corrected chi connectivity index (χ2v) is 4.50. The molecule has 0 spiro atoms. The standard InChI is InChI=1S/C17H14O3/c1-12(18)15(16(19)13-8-4-2-5-9-13)17(20)14-10-6-3-7-11-14/h2-11,15H,1H3. The molecule has 0 saturated carbocycles. The zero-order valence-corrected chi connectivity index (χ0v) is 11.1. The predicted molar refractivity (Wildman–Crippen MR) is 75.7 cm³/mol. The van der Waals surface area contributed by atoms with Gasteiger partial charge in [-0.1, -0.05) is 60.7 Å². The Labute approximate surface area is 117 Å². The highest BCUT2D eigenvalue weighted by Gasteiger charge is 2.32. The van der Waals surface area contributed by atoms with Gasteiger partial charge in [-0.3, -0.25) is 14.4 Å². The number of ketones is 3. The van der Waals surface area contributed by atoms with E-state index in [0.717, 1.165) is 0 Å². The molecule has 0 unspecified atom stereocenters. The van der Waals surface area contributed by atoms with E-state index >= 15 is 0 Å². The zero-order valence-electron chi connectivity index (χ0n) is 11.1. The van der Waals surface area contributed by atoms with Gasteiger partial charge in [0.1, 0.15) is 11.7 Å². The highest BCUT2D eigenvalue weighted by molar-refractivity contribution is 6.27. The van der Waals surface area contributed by atoms with Gasteiger partial charge in [-0.25, -0.2) is 0 Å². The van der Waals surface area contributed by atoms with E-state index in [1.54, 1.807) is 60.7 Å². The second-order valence-electron chi connectivity index (χ2n) is 4.50. The fourth-order valence-corrected chi connectivity index (χ4v) is 2.03. The molecule has 0 aliphatic heterocycles. The molecule has 2 aromatic rings. The van der Waals surface area contributed by atoms with Crippen LogP contribution in [0.25, 0.3) is 0 Å². The molecule has 0 saturated heterocycles. The van der Waals surface area contributed by atoms with E-state index in [4.69, 9.17) is 0 Å². The first kappa shape index (κ1) is 13.9. The van der Waals surface area contributed by atoms with Gasteiger partial charge >= 0.3 is 0 Å². The van der Waals surface area contributed by atoms with Crippen LogP contribution in [0.2, 0.25) is 0 Å². The van der Waals surface area contributed by atoms with Gasteiger partial charge in [-0.2, -0.15) is 0 Å². The van der Waals surface area contributed by atoms with Gasteiger partial charge in [0.2, 0.25) is 0 Å². The molecule has 3 nitrogen and oxygen atoms in total. The SMILES string of the molecule is CC(=O)C(C(=O)c1ccccc1)C(=O)c1ccccc1. The van der Waals surface area contributed by atoms with Gasteiger partial charge in [0, 0.05) is 11.1 Å². The molecule has 0 aliphatic carbocycles. The molecule has 2 rings (SSSR count). The minimum Gasteiger partial charge on any atom is -0.299 e. The van der Waals surface area contributed by atoms with Gasteiger partial charge in [0.15, 0.2) is 11.6 Å². The molecule has 2 aromatic carbocycles. The maximum atomic E-state index is 12.4. The Kier molecular flexibility index (Phi) is 4.20. The summed E-state index contributed by atoms with van der Waals surface area (Å²) in [6, 6.07) is 16.8. The van der Waals surface area contributed by atoms with Gasteiger partial charge in [0.05, 0.1) is 0 Å². The fourth-order valence-electron chi connectivity index (χ4n) is 2.03. The molecule has 3 heteroatoms. The summed E-state index contributed by atoms with van der Waals surface area (Å²) in [6.45, 7) is 1.27. The fraction of sp³-hybridized carbons (Fsp3) is 0.118. The summed E-state index contributed by atoms with van der Waals surface area (Å²) >= 11 is 0. The van der Waals surface area contributed by atoms with Gasteiger partial charge < -0.3 is 0 Å². The summed E-state index contributed by atoms with van der Waals surface area (Å²) < 4.78 is 0. The number of benzene rings is 2. The van der Waals surface area contributed by atoms with Crippen molar-refractivity contribution in [2.24, 2.45) is 5.92 Å². The minimum absolute atomic E-state index is 0.372. The van der Waals surface area contributed by atoms with E-state index in [1.165, 1.54) is 6.92 Å². The van der Waals surface area contributed by atoms with Crippen LogP contribution in [0.15, 0.2) is 60.7 Å². The van der Waals surface area contributed by atoms with E-state index in [0.29, 0.717) is 11.1 Å². The molecular weight excluding hydrogens is 252 g/mol. The summed E-state index contributed by atoms with van der Waals surface area (Å²) in [7, 11) is 0. The van der Waals surface area contributed by atoms with Crippen molar-refractivity contribution in [3.05, 3.63) is 71.8 Å². The highest BCUT2D eigenvalue weighted by Crippen LogP contribution is 2.16. The smallest absolute Gasteiger partial charge is 0.181 e. The first-order chi connectivity index (χ1) is 9.61. The molecule has 0 heterocycles. The van der Waals surface area contributed by atoms with Crippen LogP contribution < -0.4 is 0 Å². The van der Waals surface area contributed by atoms with Crippen molar-refractivity contribution >= 4 is 17.3 Å². The van der Waals surface area contributed by atoms with Gasteiger partial charge in [0.25, 0.3) is 0 Å². The Morgan fingerprint density at radius 3 is 1.35 bits per heavy atom. The lowest BCUT2D eigenvalue weighted by Gasteiger charge is -2.11. The molecule has 0 bridgehead atoms. The highest BCUT2D eigenvalue weighted by atomic mass is 16.2. The molecule has 0 radical (unpaired) electrons. The summed E-state index contributed by atoms with van der Waals surface area (Å²) in [5, 5.41) is 0. The Morgan fingerprint density at radius 2 is 1.05 bits per heavy atom. The van der Waals surface area contributed by atoms with Crippen LogP contribution in [-0.4, -0.2) is 17.3 Å². The van der Waals surface area contributed by atoms with Gasteiger partial charge in [-0.05, 0) is 6.92 Å². The number of carbonyl (C=O) groups is 3. The van der Waals surface area contributed by atoms with Crippen LogP contribution in [0.3, 0.4) is 0 Å². The van der Waals surface area contributed by atoms with Crippen molar-refractivity contribution in [3.8, 4) is 0 Å². The van der Waals surface area contributed by atoms with Crippen LogP contribution in [0, 0.1) is 5.92 Å². The van der Waals surface area contributed by atoms with Crippen molar-refractivity contribution in [2.75, 3.05) is 0 Å². The third-order valence-corrected chi connectivity index (χ3v) is 3.05. The summed E-state index contributed by atoms with van der Waals surface area (Å²) in [5.74, 6) is -2.61. The number of hydrogen-bond acceptors (Lipinski definition) is 3. The van der Waals surface area contributed by atoms with Gasteiger partial charge in [-0.15, -0.1) is 0 Å². The Balaban J connectivity index is 2.36. The monoisotopic (exact) mass is 266 g/mol. The van der Waals surface area contributed by atoms with Crippen molar-refractivity contribution < 1.29 is 14.4 Å². The van der Waals surface area contributed by atoms with Crippen LogP contribution in [0.1, 0.15) is 27.6 Å². The first-order valence-corrected chi connectivity index (χ1v) is 6.30. The number of Topliss-reactive ketones (excluding diaryl/α,β-unsaturated/α-hetero) is 3. The van der Waals surface area contributed by atoms with Crippen molar-refractivity contribution in [3.63, 3.8) is 0 Å².